The number of rotatable bonds is 2. The minimum Gasteiger partial charge on any atom is -0.340 e. The van der Waals surface area contributed by atoms with Crippen LogP contribution in [0.3, 0.4) is 0 Å². The van der Waals surface area contributed by atoms with E-state index in [9.17, 15) is 14.4 Å². The predicted molar refractivity (Wildman–Crippen MR) is 66.2 cm³/mol. The average molecular weight is 266 g/mol. The molecule has 0 aromatic rings. The molecule has 3 rings (SSSR count). The van der Waals surface area contributed by atoms with Crippen LogP contribution in [0.15, 0.2) is 0 Å². The second-order valence-corrected chi connectivity index (χ2v) is 5.64. The quantitative estimate of drug-likeness (QED) is 0.547. The summed E-state index contributed by atoms with van der Waals surface area (Å²) >= 11 is 0. The van der Waals surface area contributed by atoms with Gasteiger partial charge in [-0.2, -0.15) is 0 Å². The van der Waals surface area contributed by atoms with Gasteiger partial charge >= 0.3 is 6.03 Å². The van der Waals surface area contributed by atoms with Crippen molar-refractivity contribution in [1.82, 2.24) is 20.9 Å². The highest BCUT2D eigenvalue weighted by molar-refractivity contribution is 6.07. The van der Waals surface area contributed by atoms with Crippen molar-refractivity contribution < 1.29 is 14.4 Å². The highest BCUT2D eigenvalue weighted by atomic mass is 16.2. The summed E-state index contributed by atoms with van der Waals surface area (Å²) in [4.78, 5) is 37.1. The molecule has 0 radical (unpaired) electrons. The van der Waals surface area contributed by atoms with Crippen LogP contribution in [0.1, 0.15) is 19.3 Å². The lowest BCUT2D eigenvalue weighted by Crippen LogP contribution is -2.60. The maximum absolute atomic E-state index is 12.2. The van der Waals surface area contributed by atoms with Crippen LogP contribution >= 0.6 is 0 Å². The minimum atomic E-state index is -0.900. The Morgan fingerprint density at radius 1 is 1.37 bits per heavy atom. The van der Waals surface area contributed by atoms with Crippen LogP contribution in [-0.4, -0.2) is 54.5 Å². The predicted octanol–water partition coefficient (Wildman–Crippen LogP) is -1.20. The summed E-state index contributed by atoms with van der Waals surface area (Å²) in [6, 6.07) is -0.456. The van der Waals surface area contributed by atoms with Crippen LogP contribution in [0.25, 0.3) is 0 Å². The molecule has 1 unspecified atom stereocenters. The van der Waals surface area contributed by atoms with Crippen LogP contribution in [-0.2, 0) is 9.59 Å². The van der Waals surface area contributed by atoms with Crippen molar-refractivity contribution in [1.29, 1.82) is 0 Å². The Bertz CT molecular complexity index is 435. The standard InChI is InChI=1S/C12H18N4O3/c17-9(4-8-5-13-6-8)16-3-1-2-12(7-16)10(18)14-11(19)15-12/h8,13H,1-7H2,(H2,14,15,18,19). The van der Waals surface area contributed by atoms with Gasteiger partial charge in [0.15, 0.2) is 0 Å². The third-order valence-corrected chi connectivity index (χ3v) is 4.19. The second kappa shape index (κ2) is 4.48. The first-order valence-corrected chi connectivity index (χ1v) is 6.71. The molecular weight excluding hydrogens is 248 g/mol. The molecule has 3 N–H and O–H groups in total. The number of hydrogen-bond acceptors (Lipinski definition) is 4. The van der Waals surface area contributed by atoms with Crippen LogP contribution in [0, 0.1) is 5.92 Å². The second-order valence-electron chi connectivity index (χ2n) is 5.64. The molecule has 7 heteroatoms. The first kappa shape index (κ1) is 12.4. The summed E-state index contributed by atoms with van der Waals surface area (Å²) in [7, 11) is 0. The summed E-state index contributed by atoms with van der Waals surface area (Å²) in [5.74, 6) is 0.192. The summed E-state index contributed by atoms with van der Waals surface area (Å²) in [6.07, 6.45) is 1.86. The van der Waals surface area contributed by atoms with Crippen LogP contribution < -0.4 is 16.0 Å². The highest BCUT2D eigenvalue weighted by Gasteiger charge is 2.49. The zero-order chi connectivity index (χ0) is 13.5. The van der Waals surface area contributed by atoms with Crippen LogP contribution in [0.5, 0.6) is 0 Å². The van der Waals surface area contributed by atoms with E-state index in [0.717, 1.165) is 19.5 Å². The van der Waals surface area contributed by atoms with Gasteiger partial charge in [-0.25, -0.2) is 4.79 Å². The fourth-order valence-corrected chi connectivity index (χ4v) is 2.95. The highest BCUT2D eigenvalue weighted by Crippen LogP contribution is 2.25. The topological polar surface area (TPSA) is 90.5 Å². The summed E-state index contributed by atoms with van der Waals surface area (Å²) < 4.78 is 0. The first-order chi connectivity index (χ1) is 9.09. The number of hydrogen-bond donors (Lipinski definition) is 3. The molecule has 3 saturated heterocycles. The van der Waals surface area contributed by atoms with Gasteiger partial charge in [0.05, 0.1) is 6.54 Å². The number of piperidine rings is 1. The lowest BCUT2D eigenvalue weighted by molar-refractivity contribution is -0.137. The summed E-state index contributed by atoms with van der Waals surface area (Å²) in [5.41, 5.74) is -0.900. The van der Waals surface area contributed by atoms with Crippen molar-refractivity contribution in [2.24, 2.45) is 5.92 Å². The number of likely N-dealkylation sites (tertiary alicyclic amines) is 1. The van der Waals surface area contributed by atoms with E-state index in [1.165, 1.54) is 0 Å². The van der Waals surface area contributed by atoms with Crippen molar-refractivity contribution in [2.75, 3.05) is 26.2 Å². The minimum absolute atomic E-state index is 0.0829. The van der Waals surface area contributed by atoms with Crippen molar-refractivity contribution in [3.8, 4) is 0 Å². The van der Waals surface area contributed by atoms with Crippen LogP contribution in [0.4, 0.5) is 4.79 Å². The van der Waals surface area contributed by atoms with Gasteiger partial charge in [0.25, 0.3) is 5.91 Å². The zero-order valence-electron chi connectivity index (χ0n) is 10.7. The fourth-order valence-electron chi connectivity index (χ4n) is 2.95. The number of imide groups is 1. The van der Waals surface area contributed by atoms with E-state index in [-0.39, 0.29) is 11.8 Å². The third-order valence-electron chi connectivity index (χ3n) is 4.19. The SMILES string of the molecule is O=C1NC(=O)C2(CCCN(C(=O)CC3CNC3)C2)N1. The molecule has 1 atom stereocenters. The lowest BCUT2D eigenvalue weighted by atomic mass is 9.88. The molecule has 7 nitrogen and oxygen atoms in total. The molecular formula is C12H18N4O3. The largest absolute Gasteiger partial charge is 0.340 e. The van der Waals surface area contributed by atoms with Crippen molar-refractivity contribution >= 4 is 17.8 Å². The Balaban J connectivity index is 1.65. The van der Waals surface area contributed by atoms with E-state index in [0.29, 0.717) is 31.8 Å². The van der Waals surface area contributed by atoms with Crippen LogP contribution in [0.2, 0.25) is 0 Å². The van der Waals surface area contributed by atoms with E-state index >= 15 is 0 Å². The van der Waals surface area contributed by atoms with Gasteiger partial charge in [-0.15, -0.1) is 0 Å². The lowest BCUT2D eigenvalue weighted by Gasteiger charge is -2.39. The summed E-state index contributed by atoms with van der Waals surface area (Å²) in [5, 5.41) is 8.08. The molecule has 3 aliphatic heterocycles. The smallest absolute Gasteiger partial charge is 0.322 e. The molecule has 0 saturated carbocycles. The third kappa shape index (κ3) is 2.18. The first-order valence-electron chi connectivity index (χ1n) is 6.71. The average Bonchev–Trinajstić information content (AvgIpc) is 2.58. The maximum atomic E-state index is 12.2. The number of urea groups is 1. The number of amides is 4. The Hall–Kier alpha value is -1.63. The molecule has 19 heavy (non-hydrogen) atoms. The van der Waals surface area contributed by atoms with Gasteiger partial charge in [-0.3, -0.25) is 14.9 Å². The molecule has 3 heterocycles. The van der Waals surface area contributed by atoms with Gasteiger partial charge in [-0.05, 0) is 31.8 Å². The zero-order valence-corrected chi connectivity index (χ0v) is 10.7. The maximum Gasteiger partial charge on any atom is 0.322 e. The Morgan fingerprint density at radius 3 is 2.74 bits per heavy atom. The molecule has 4 amide bonds. The Morgan fingerprint density at radius 2 is 2.16 bits per heavy atom. The van der Waals surface area contributed by atoms with E-state index in [1.807, 2.05) is 0 Å². The molecule has 1 spiro atoms. The van der Waals surface area contributed by atoms with Crippen molar-refractivity contribution in [2.45, 2.75) is 24.8 Å². The number of carbonyl (C=O) groups is 3. The number of nitrogens with one attached hydrogen (secondary N) is 3. The normalized spacial score (nSPS) is 31.1. The monoisotopic (exact) mass is 266 g/mol. The van der Waals surface area contributed by atoms with Gasteiger partial charge < -0.3 is 15.5 Å². The Labute approximate surface area is 111 Å². The molecule has 3 aliphatic rings. The van der Waals surface area contributed by atoms with Gasteiger partial charge in [0, 0.05) is 13.0 Å². The Kier molecular flexibility index (Phi) is 2.93. The van der Waals surface area contributed by atoms with Crippen molar-refractivity contribution in [3.63, 3.8) is 0 Å². The summed E-state index contributed by atoms with van der Waals surface area (Å²) in [6.45, 7) is 2.75. The van der Waals surface area contributed by atoms with E-state index in [1.54, 1.807) is 4.90 Å². The molecule has 0 bridgehead atoms. The number of nitrogens with zero attached hydrogens (tertiary/aromatic N) is 1. The molecule has 104 valence electrons. The molecule has 0 aliphatic carbocycles. The fraction of sp³-hybridized carbons (Fsp3) is 0.750. The van der Waals surface area contributed by atoms with Gasteiger partial charge in [0.1, 0.15) is 5.54 Å². The van der Waals surface area contributed by atoms with E-state index < -0.39 is 11.6 Å². The molecule has 3 fully saturated rings. The molecule has 0 aromatic carbocycles. The number of carbonyl (C=O) groups excluding carboxylic acids is 3. The van der Waals surface area contributed by atoms with Gasteiger partial charge in [0.2, 0.25) is 5.91 Å². The molecule has 0 aromatic heterocycles. The van der Waals surface area contributed by atoms with E-state index in [4.69, 9.17) is 0 Å². The van der Waals surface area contributed by atoms with Crippen molar-refractivity contribution in [3.05, 3.63) is 0 Å². The van der Waals surface area contributed by atoms with Gasteiger partial charge in [-0.1, -0.05) is 0 Å². The van der Waals surface area contributed by atoms with E-state index in [2.05, 4.69) is 16.0 Å².